The van der Waals surface area contributed by atoms with Crippen LogP contribution in [0, 0.1) is 0 Å². The summed E-state index contributed by atoms with van der Waals surface area (Å²) in [4.78, 5) is 0. The molecule has 2 rings (SSSR count). The molecule has 1 heterocycles. The first-order valence-corrected chi connectivity index (χ1v) is 6.69. The molecule has 0 atom stereocenters. The maximum absolute atomic E-state index is 11.9. The van der Waals surface area contributed by atoms with E-state index in [-0.39, 0.29) is 6.61 Å². The van der Waals surface area contributed by atoms with Crippen LogP contribution in [0.3, 0.4) is 0 Å². The molecule has 6 heteroatoms. The second kappa shape index (κ2) is 6.83. The van der Waals surface area contributed by atoms with Crippen molar-refractivity contribution in [1.82, 2.24) is 0 Å². The van der Waals surface area contributed by atoms with Crippen molar-refractivity contribution < 1.29 is 22.6 Å². The largest absolute Gasteiger partial charge is 0.493 e. The Morgan fingerprint density at radius 3 is 2.85 bits per heavy atom. The van der Waals surface area contributed by atoms with Crippen LogP contribution in [0.5, 0.6) is 5.75 Å². The number of rotatable bonds is 6. The van der Waals surface area contributed by atoms with Gasteiger partial charge in [0.1, 0.15) is 12.4 Å². The molecule has 0 aromatic heterocycles. The van der Waals surface area contributed by atoms with Crippen molar-refractivity contribution >= 4 is 5.69 Å². The molecular formula is C14H18F3NO2. The number of hydrogen-bond donors (Lipinski definition) is 1. The number of anilines is 1. The lowest BCUT2D eigenvalue weighted by molar-refractivity contribution is -0.174. The minimum atomic E-state index is -4.26. The number of benzene rings is 1. The Hall–Kier alpha value is -1.43. The van der Waals surface area contributed by atoms with Gasteiger partial charge in [0.15, 0.2) is 0 Å². The van der Waals surface area contributed by atoms with Crippen LogP contribution in [0.2, 0.25) is 0 Å². The Labute approximate surface area is 116 Å². The van der Waals surface area contributed by atoms with E-state index in [0.29, 0.717) is 13.0 Å². The highest BCUT2D eigenvalue weighted by Crippen LogP contribution is 2.30. The van der Waals surface area contributed by atoms with E-state index in [1.807, 2.05) is 18.2 Å². The smallest absolute Gasteiger partial charge is 0.411 e. The summed E-state index contributed by atoms with van der Waals surface area (Å²) < 4.78 is 45.7. The topological polar surface area (TPSA) is 30.5 Å². The molecule has 0 bridgehead atoms. The lowest BCUT2D eigenvalue weighted by Gasteiger charge is -2.21. The molecule has 112 valence electrons. The van der Waals surface area contributed by atoms with E-state index in [0.717, 1.165) is 36.4 Å². The van der Waals surface area contributed by atoms with Crippen LogP contribution in [-0.2, 0) is 11.2 Å². The van der Waals surface area contributed by atoms with Gasteiger partial charge >= 0.3 is 6.18 Å². The van der Waals surface area contributed by atoms with Gasteiger partial charge in [0.25, 0.3) is 0 Å². The number of halogens is 3. The Morgan fingerprint density at radius 2 is 2.05 bits per heavy atom. The van der Waals surface area contributed by atoms with E-state index in [1.54, 1.807) is 0 Å². The molecule has 3 nitrogen and oxygen atoms in total. The maximum Gasteiger partial charge on any atom is 0.411 e. The lowest BCUT2D eigenvalue weighted by Crippen LogP contribution is -2.18. The fraction of sp³-hybridized carbons (Fsp3) is 0.571. The molecule has 0 aliphatic carbocycles. The summed E-state index contributed by atoms with van der Waals surface area (Å²) in [5.74, 6) is 0.811. The molecule has 1 aromatic rings. The first-order chi connectivity index (χ1) is 9.56. The highest BCUT2D eigenvalue weighted by molar-refractivity contribution is 5.58. The number of hydrogen-bond acceptors (Lipinski definition) is 3. The summed E-state index contributed by atoms with van der Waals surface area (Å²) in [6.07, 6.45) is -1.80. The number of alkyl halides is 3. The van der Waals surface area contributed by atoms with Gasteiger partial charge in [-0.05, 0) is 25.0 Å². The van der Waals surface area contributed by atoms with Gasteiger partial charge in [-0.25, -0.2) is 0 Å². The van der Waals surface area contributed by atoms with Crippen molar-refractivity contribution in [3.05, 3.63) is 23.8 Å². The van der Waals surface area contributed by atoms with Gasteiger partial charge in [0.2, 0.25) is 0 Å². The summed E-state index contributed by atoms with van der Waals surface area (Å²) in [5.41, 5.74) is 2.23. The molecule has 0 amide bonds. The van der Waals surface area contributed by atoms with E-state index in [2.05, 4.69) is 10.1 Å². The average molecular weight is 289 g/mol. The summed E-state index contributed by atoms with van der Waals surface area (Å²) in [5, 5.41) is 3.30. The monoisotopic (exact) mass is 289 g/mol. The number of ether oxygens (including phenoxy) is 2. The second-order valence-electron chi connectivity index (χ2n) is 4.68. The van der Waals surface area contributed by atoms with Crippen molar-refractivity contribution in [1.29, 1.82) is 0 Å². The van der Waals surface area contributed by atoms with Crippen LogP contribution in [-0.4, -0.2) is 32.5 Å². The molecule has 0 saturated heterocycles. The van der Waals surface area contributed by atoms with Crippen LogP contribution in [0.1, 0.15) is 18.4 Å². The van der Waals surface area contributed by atoms with Crippen molar-refractivity contribution in [2.24, 2.45) is 0 Å². The maximum atomic E-state index is 11.9. The van der Waals surface area contributed by atoms with Crippen LogP contribution in [0.25, 0.3) is 0 Å². The Balaban J connectivity index is 1.72. The summed E-state index contributed by atoms with van der Waals surface area (Å²) in [7, 11) is 0. The minimum absolute atomic E-state index is 0.0484. The van der Waals surface area contributed by atoms with Crippen molar-refractivity contribution in [3.63, 3.8) is 0 Å². The number of nitrogens with one attached hydrogen (secondary N) is 1. The first-order valence-electron chi connectivity index (χ1n) is 6.69. The van der Waals surface area contributed by atoms with E-state index in [9.17, 15) is 13.2 Å². The highest BCUT2D eigenvalue weighted by Gasteiger charge is 2.27. The van der Waals surface area contributed by atoms with Crippen LogP contribution in [0.4, 0.5) is 18.9 Å². The third kappa shape index (κ3) is 4.59. The van der Waals surface area contributed by atoms with Gasteiger partial charge in [-0.15, -0.1) is 0 Å². The van der Waals surface area contributed by atoms with Gasteiger partial charge in [-0.1, -0.05) is 6.07 Å². The third-order valence-corrected chi connectivity index (χ3v) is 3.01. The summed E-state index contributed by atoms with van der Waals surface area (Å²) in [6.45, 7) is 0.167. The zero-order chi connectivity index (χ0) is 14.4. The SMILES string of the molecule is FC(F)(F)COCCCOc1cccc2c1CCCN2. The number of fused-ring (bicyclic) bond motifs is 1. The molecule has 0 radical (unpaired) electrons. The molecule has 0 fully saturated rings. The normalized spacial score (nSPS) is 14.6. The van der Waals surface area contributed by atoms with E-state index in [4.69, 9.17) is 4.74 Å². The van der Waals surface area contributed by atoms with Crippen molar-refractivity contribution in [2.45, 2.75) is 25.4 Å². The van der Waals surface area contributed by atoms with Crippen molar-refractivity contribution in [2.75, 3.05) is 31.7 Å². The van der Waals surface area contributed by atoms with Crippen LogP contribution >= 0.6 is 0 Å². The summed E-state index contributed by atoms with van der Waals surface area (Å²) >= 11 is 0. The summed E-state index contributed by atoms with van der Waals surface area (Å²) in [6, 6.07) is 5.81. The van der Waals surface area contributed by atoms with Gasteiger partial charge in [0.05, 0.1) is 13.2 Å². The minimum Gasteiger partial charge on any atom is -0.493 e. The second-order valence-corrected chi connectivity index (χ2v) is 4.68. The molecule has 1 aromatic carbocycles. The highest BCUT2D eigenvalue weighted by atomic mass is 19.4. The molecule has 1 N–H and O–H groups in total. The van der Waals surface area contributed by atoms with Gasteiger partial charge in [0, 0.05) is 24.2 Å². The fourth-order valence-corrected chi connectivity index (χ4v) is 2.14. The molecule has 20 heavy (non-hydrogen) atoms. The molecule has 1 aliphatic heterocycles. The lowest BCUT2D eigenvalue weighted by atomic mass is 10.0. The van der Waals surface area contributed by atoms with Crippen LogP contribution in [0.15, 0.2) is 18.2 Å². The van der Waals surface area contributed by atoms with Gasteiger partial charge < -0.3 is 14.8 Å². The Kier molecular flexibility index (Phi) is 5.11. The predicted molar refractivity (Wildman–Crippen MR) is 70.2 cm³/mol. The van der Waals surface area contributed by atoms with E-state index < -0.39 is 12.8 Å². The average Bonchev–Trinajstić information content (AvgIpc) is 2.41. The van der Waals surface area contributed by atoms with Gasteiger partial charge in [-0.2, -0.15) is 13.2 Å². The molecule has 0 unspecified atom stereocenters. The standard InChI is InChI=1S/C14H18F3NO2/c15-14(16,17)10-19-8-3-9-20-13-6-1-5-12-11(13)4-2-7-18-12/h1,5-6,18H,2-4,7-10H2. The molecule has 0 saturated carbocycles. The van der Waals surface area contributed by atoms with E-state index in [1.165, 1.54) is 0 Å². The van der Waals surface area contributed by atoms with Crippen molar-refractivity contribution in [3.8, 4) is 5.75 Å². The van der Waals surface area contributed by atoms with Crippen LogP contribution < -0.4 is 10.1 Å². The fourth-order valence-electron chi connectivity index (χ4n) is 2.14. The Morgan fingerprint density at radius 1 is 1.20 bits per heavy atom. The third-order valence-electron chi connectivity index (χ3n) is 3.01. The first kappa shape index (κ1) is 15.0. The Bertz CT molecular complexity index is 435. The van der Waals surface area contributed by atoms with Gasteiger partial charge in [-0.3, -0.25) is 0 Å². The molecule has 0 spiro atoms. The predicted octanol–water partition coefficient (Wildman–Crippen LogP) is 3.39. The molecule has 1 aliphatic rings. The zero-order valence-electron chi connectivity index (χ0n) is 11.1. The molecular weight excluding hydrogens is 271 g/mol. The quantitative estimate of drug-likeness (QED) is 0.814. The zero-order valence-corrected chi connectivity index (χ0v) is 11.1. The van der Waals surface area contributed by atoms with E-state index >= 15 is 0 Å².